The summed E-state index contributed by atoms with van der Waals surface area (Å²) in [6.07, 6.45) is 10.1. The number of nitrogens with one attached hydrogen (secondary N) is 1. The fraction of sp³-hybridized carbons (Fsp3) is 0.650. The molecule has 138 valence electrons. The molecule has 1 aliphatic carbocycles. The van der Waals surface area contributed by atoms with Crippen LogP contribution in [-0.4, -0.2) is 48.0 Å². The maximum Gasteiger partial charge on any atom is 0.251 e. The van der Waals surface area contributed by atoms with Crippen LogP contribution in [0, 0.1) is 5.92 Å². The molecule has 3 nitrogen and oxygen atoms in total. The Hall–Kier alpha value is -0.520. The maximum absolute atomic E-state index is 12.5. The number of rotatable bonds is 5. The average Bonchev–Trinajstić information content (AvgIpc) is 3.07. The molecule has 5 heteroatoms. The molecule has 1 aromatic rings. The predicted molar refractivity (Wildman–Crippen MR) is 110 cm³/mol. The summed E-state index contributed by atoms with van der Waals surface area (Å²) in [5.74, 6) is 0.620. The van der Waals surface area contributed by atoms with E-state index in [0.29, 0.717) is 17.2 Å². The van der Waals surface area contributed by atoms with E-state index >= 15 is 0 Å². The second-order valence-corrected chi connectivity index (χ2v) is 9.26. The minimum atomic E-state index is 0.0534. The summed E-state index contributed by atoms with van der Waals surface area (Å²) in [5.41, 5.74) is 0.746. The van der Waals surface area contributed by atoms with E-state index in [-0.39, 0.29) is 5.91 Å². The van der Waals surface area contributed by atoms with E-state index in [1.165, 1.54) is 51.6 Å². The third kappa shape index (κ3) is 5.01. The number of thioether (sulfide) groups is 1. The van der Waals surface area contributed by atoms with Gasteiger partial charge in [-0.3, -0.25) is 9.69 Å². The molecule has 1 saturated carbocycles. The molecule has 1 N–H and O–H groups in total. The highest BCUT2D eigenvalue weighted by molar-refractivity contribution is 9.10. The van der Waals surface area contributed by atoms with Crippen LogP contribution in [0.2, 0.25) is 0 Å². The van der Waals surface area contributed by atoms with Crippen LogP contribution in [0.15, 0.2) is 28.7 Å². The third-order valence-corrected chi connectivity index (χ3v) is 7.32. The molecule has 3 rings (SSSR count). The summed E-state index contributed by atoms with van der Waals surface area (Å²) in [4.78, 5) is 15.2. The Bertz CT molecular complexity index is 559. The van der Waals surface area contributed by atoms with Crippen LogP contribution in [0.5, 0.6) is 0 Å². The van der Waals surface area contributed by atoms with E-state index in [2.05, 4.69) is 32.4 Å². The monoisotopic (exact) mass is 424 g/mol. The highest BCUT2D eigenvalue weighted by Crippen LogP contribution is 2.35. The van der Waals surface area contributed by atoms with Crippen molar-refractivity contribution < 1.29 is 4.79 Å². The largest absolute Gasteiger partial charge is 0.352 e. The van der Waals surface area contributed by atoms with Gasteiger partial charge in [0, 0.05) is 27.9 Å². The topological polar surface area (TPSA) is 32.3 Å². The zero-order chi connectivity index (χ0) is 17.6. The van der Waals surface area contributed by atoms with Crippen molar-refractivity contribution in [3.8, 4) is 0 Å². The van der Waals surface area contributed by atoms with Gasteiger partial charge in [-0.25, -0.2) is 0 Å². The zero-order valence-electron chi connectivity index (χ0n) is 15.0. The highest BCUT2D eigenvalue weighted by Gasteiger charge is 2.36. The lowest BCUT2D eigenvalue weighted by atomic mass is 9.93. The van der Waals surface area contributed by atoms with Gasteiger partial charge in [-0.2, -0.15) is 11.8 Å². The summed E-state index contributed by atoms with van der Waals surface area (Å²) in [5, 5.41) is 3.93. The van der Waals surface area contributed by atoms with Crippen molar-refractivity contribution in [2.24, 2.45) is 5.92 Å². The lowest BCUT2D eigenvalue weighted by molar-refractivity contribution is 0.0929. The SMILES string of the molecule is CSC1CCCCC(CNC(=O)c2ccc(Br)cc2)C1N1CCCC1. The molecule has 3 unspecified atom stereocenters. The van der Waals surface area contributed by atoms with Gasteiger partial charge in [0.25, 0.3) is 5.91 Å². The zero-order valence-corrected chi connectivity index (χ0v) is 17.4. The average molecular weight is 425 g/mol. The third-order valence-electron chi connectivity index (χ3n) is 5.67. The van der Waals surface area contributed by atoms with E-state index in [0.717, 1.165) is 16.6 Å². The Labute approximate surface area is 164 Å². The number of amides is 1. The molecule has 0 radical (unpaired) electrons. The van der Waals surface area contributed by atoms with Crippen molar-refractivity contribution in [3.05, 3.63) is 34.3 Å². The van der Waals surface area contributed by atoms with Crippen molar-refractivity contribution in [1.29, 1.82) is 0 Å². The van der Waals surface area contributed by atoms with E-state index in [1.807, 2.05) is 36.0 Å². The van der Waals surface area contributed by atoms with E-state index < -0.39 is 0 Å². The van der Waals surface area contributed by atoms with Crippen molar-refractivity contribution in [2.45, 2.75) is 49.8 Å². The van der Waals surface area contributed by atoms with Gasteiger partial charge in [0.1, 0.15) is 0 Å². The standard InChI is InChI=1S/C20H29BrN2OS/c1-25-18-7-3-2-6-16(19(18)23-12-4-5-13-23)14-22-20(24)15-8-10-17(21)11-9-15/h8-11,16,18-19H,2-7,12-14H2,1H3,(H,22,24). The summed E-state index contributed by atoms with van der Waals surface area (Å²) < 4.78 is 1.00. The number of hydrogen-bond donors (Lipinski definition) is 1. The first-order chi connectivity index (χ1) is 12.2. The quantitative estimate of drug-likeness (QED) is 0.702. The van der Waals surface area contributed by atoms with Gasteiger partial charge in [0.15, 0.2) is 0 Å². The molecule has 0 aromatic heterocycles. The van der Waals surface area contributed by atoms with Gasteiger partial charge < -0.3 is 5.32 Å². The molecule has 2 aliphatic rings. The lowest BCUT2D eigenvalue weighted by Crippen LogP contribution is -2.48. The molecule has 1 aliphatic heterocycles. The molecule has 0 spiro atoms. The van der Waals surface area contributed by atoms with Crippen LogP contribution >= 0.6 is 27.7 Å². The second-order valence-electron chi connectivity index (χ2n) is 7.27. The number of likely N-dealkylation sites (tertiary alicyclic amines) is 1. The van der Waals surface area contributed by atoms with Crippen LogP contribution in [-0.2, 0) is 0 Å². The van der Waals surface area contributed by atoms with Gasteiger partial charge in [-0.05, 0) is 75.2 Å². The van der Waals surface area contributed by atoms with Crippen molar-refractivity contribution in [3.63, 3.8) is 0 Å². The number of nitrogens with zero attached hydrogens (tertiary/aromatic N) is 1. The van der Waals surface area contributed by atoms with Gasteiger partial charge in [0.2, 0.25) is 0 Å². The molecule has 2 fully saturated rings. The normalized spacial score (nSPS) is 27.8. The van der Waals surface area contributed by atoms with Crippen molar-refractivity contribution in [2.75, 3.05) is 25.9 Å². The summed E-state index contributed by atoms with van der Waals surface area (Å²) in [6.45, 7) is 3.27. The fourth-order valence-corrected chi connectivity index (χ4v) is 5.72. The van der Waals surface area contributed by atoms with Gasteiger partial charge in [-0.1, -0.05) is 28.8 Å². The van der Waals surface area contributed by atoms with Gasteiger partial charge in [-0.15, -0.1) is 0 Å². The minimum Gasteiger partial charge on any atom is -0.352 e. The fourth-order valence-electron chi connectivity index (χ4n) is 4.38. The molecule has 1 amide bonds. The number of carbonyl (C=O) groups excluding carboxylic acids is 1. The van der Waals surface area contributed by atoms with E-state index in [4.69, 9.17) is 0 Å². The van der Waals surface area contributed by atoms with Gasteiger partial charge >= 0.3 is 0 Å². The minimum absolute atomic E-state index is 0.0534. The van der Waals surface area contributed by atoms with E-state index in [1.54, 1.807) is 0 Å². The van der Waals surface area contributed by atoms with Crippen molar-refractivity contribution in [1.82, 2.24) is 10.2 Å². The molecular formula is C20H29BrN2OS. The number of benzene rings is 1. The molecule has 25 heavy (non-hydrogen) atoms. The smallest absolute Gasteiger partial charge is 0.251 e. The number of halogens is 1. The van der Waals surface area contributed by atoms with Crippen LogP contribution in [0.4, 0.5) is 0 Å². The molecule has 1 heterocycles. The Morgan fingerprint density at radius 2 is 1.84 bits per heavy atom. The first-order valence-electron chi connectivity index (χ1n) is 9.49. The highest BCUT2D eigenvalue weighted by atomic mass is 79.9. The predicted octanol–water partition coefficient (Wildman–Crippen LogP) is 4.57. The summed E-state index contributed by atoms with van der Waals surface area (Å²) in [7, 11) is 0. The summed E-state index contributed by atoms with van der Waals surface area (Å²) >= 11 is 5.46. The lowest BCUT2D eigenvalue weighted by Gasteiger charge is -2.38. The Morgan fingerprint density at radius 1 is 1.16 bits per heavy atom. The molecule has 1 saturated heterocycles. The van der Waals surface area contributed by atoms with Crippen LogP contribution in [0.1, 0.15) is 48.9 Å². The van der Waals surface area contributed by atoms with Crippen LogP contribution in [0.3, 0.4) is 0 Å². The second kappa shape index (κ2) is 9.43. The Kier molecular flexibility index (Phi) is 7.26. The molecular weight excluding hydrogens is 396 g/mol. The Balaban J connectivity index is 1.66. The first kappa shape index (κ1) is 19.2. The molecule has 1 aromatic carbocycles. The number of hydrogen-bond acceptors (Lipinski definition) is 3. The van der Waals surface area contributed by atoms with E-state index in [9.17, 15) is 4.79 Å². The Morgan fingerprint density at radius 3 is 2.52 bits per heavy atom. The summed E-state index contributed by atoms with van der Waals surface area (Å²) in [6, 6.07) is 8.24. The van der Waals surface area contributed by atoms with Gasteiger partial charge in [0.05, 0.1) is 0 Å². The number of carbonyl (C=O) groups is 1. The maximum atomic E-state index is 12.5. The van der Waals surface area contributed by atoms with Crippen LogP contribution < -0.4 is 5.32 Å². The molecule has 0 bridgehead atoms. The van der Waals surface area contributed by atoms with Crippen LogP contribution in [0.25, 0.3) is 0 Å². The molecule has 3 atom stereocenters. The first-order valence-corrected chi connectivity index (χ1v) is 11.6. The van der Waals surface area contributed by atoms with Crippen molar-refractivity contribution >= 4 is 33.6 Å².